The summed E-state index contributed by atoms with van der Waals surface area (Å²) in [5.74, 6) is -3.04. The summed E-state index contributed by atoms with van der Waals surface area (Å²) >= 11 is 4.54. The zero-order valence-corrected chi connectivity index (χ0v) is 17.3. The lowest BCUT2D eigenvalue weighted by atomic mass is 9.97. The van der Waals surface area contributed by atoms with Gasteiger partial charge in [-0.15, -0.1) is 0 Å². The first-order valence-corrected chi connectivity index (χ1v) is 9.69. The second-order valence-electron chi connectivity index (χ2n) is 6.68. The van der Waals surface area contributed by atoms with Crippen molar-refractivity contribution in [1.82, 2.24) is 0 Å². The monoisotopic (exact) mass is 440 g/mol. The standard InChI is InChI=1S/C22H20N2O6S/c23-20(26)10-5-16(22(28)29)11-18(25)12-30-19-8-3-15(4-9-19)21(27)14-1-6-17(7-2-14)24-13-31/h1-4,6-9,16H,5,10-12H2,(H2,23,26)(H,28,29). The maximum absolute atomic E-state index is 12.5. The normalized spacial score (nSPS) is 11.1. The average molecular weight is 440 g/mol. The van der Waals surface area contributed by atoms with Crippen molar-refractivity contribution in [2.75, 3.05) is 6.61 Å². The van der Waals surface area contributed by atoms with Gasteiger partial charge in [-0.2, -0.15) is 4.99 Å². The Morgan fingerprint density at radius 3 is 2.13 bits per heavy atom. The zero-order chi connectivity index (χ0) is 22.8. The molecule has 1 amide bonds. The summed E-state index contributed by atoms with van der Waals surface area (Å²) in [4.78, 5) is 50.4. The molecular formula is C22H20N2O6S. The Morgan fingerprint density at radius 2 is 1.61 bits per heavy atom. The minimum Gasteiger partial charge on any atom is -0.486 e. The quantitative estimate of drug-likeness (QED) is 0.294. The molecule has 9 heteroatoms. The molecule has 0 saturated carbocycles. The lowest BCUT2D eigenvalue weighted by Crippen LogP contribution is -2.23. The summed E-state index contributed by atoms with van der Waals surface area (Å²) in [6.45, 7) is -0.324. The molecule has 0 radical (unpaired) electrons. The number of thiocarbonyl (C=S) groups is 1. The van der Waals surface area contributed by atoms with Crippen LogP contribution in [0.4, 0.5) is 5.69 Å². The molecule has 2 aromatic rings. The van der Waals surface area contributed by atoms with Crippen LogP contribution in [-0.2, 0) is 14.4 Å². The second kappa shape index (κ2) is 11.5. The highest BCUT2D eigenvalue weighted by Crippen LogP contribution is 2.19. The number of rotatable bonds is 12. The Balaban J connectivity index is 1.92. The van der Waals surface area contributed by atoms with Gasteiger partial charge in [0.05, 0.1) is 16.8 Å². The Bertz CT molecular complexity index is 1010. The average Bonchev–Trinajstić information content (AvgIpc) is 2.75. The number of aliphatic imine (C=N–C) groups is 1. The van der Waals surface area contributed by atoms with Crippen molar-refractivity contribution in [3.8, 4) is 5.75 Å². The number of ether oxygens (including phenoxy) is 1. The van der Waals surface area contributed by atoms with Gasteiger partial charge in [0, 0.05) is 24.0 Å². The van der Waals surface area contributed by atoms with Crippen LogP contribution in [0.15, 0.2) is 53.5 Å². The minimum atomic E-state index is -1.17. The topological polar surface area (TPSA) is 136 Å². The van der Waals surface area contributed by atoms with E-state index >= 15 is 0 Å². The molecule has 2 aromatic carbocycles. The van der Waals surface area contributed by atoms with Crippen molar-refractivity contribution in [1.29, 1.82) is 0 Å². The Labute approximate surface area is 183 Å². The number of ketones is 2. The van der Waals surface area contributed by atoms with E-state index in [1.807, 2.05) is 0 Å². The highest BCUT2D eigenvalue weighted by Gasteiger charge is 2.22. The highest BCUT2D eigenvalue weighted by atomic mass is 32.1. The van der Waals surface area contributed by atoms with Crippen molar-refractivity contribution in [2.24, 2.45) is 16.6 Å². The molecule has 0 saturated heterocycles. The van der Waals surface area contributed by atoms with E-state index in [-0.39, 0.29) is 31.7 Å². The predicted octanol–water partition coefficient (Wildman–Crippen LogP) is 2.96. The van der Waals surface area contributed by atoms with Crippen LogP contribution in [0.2, 0.25) is 0 Å². The fourth-order valence-electron chi connectivity index (χ4n) is 2.74. The largest absolute Gasteiger partial charge is 0.486 e. The van der Waals surface area contributed by atoms with Crippen LogP contribution in [0.1, 0.15) is 35.2 Å². The van der Waals surface area contributed by atoms with Crippen LogP contribution >= 0.6 is 12.2 Å². The van der Waals surface area contributed by atoms with Crippen LogP contribution in [0.3, 0.4) is 0 Å². The molecule has 0 aromatic heterocycles. The van der Waals surface area contributed by atoms with E-state index < -0.39 is 23.6 Å². The fourth-order valence-corrected chi connectivity index (χ4v) is 2.84. The highest BCUT2D eigenvalue weighted by molar-refractivity contribution is 7.78. The summed E-state index contributed by atoms with van der Waals surface area (Å²) in [5.41, 5.74) is 6.52. The van der Waals surface area contributed by atoms with Crippen molar-refractivity contribution in [3.63, 3.8) is 0 Å². The molecule has 0 bridgehead atoms. The molecule has 1 atom stereocenters. The Hall–Kier alpha value is -3.68. The van der Waals surface area contributed by atoms with Crippen molar-refractivity contribution < 1.29 is 29.0 Å². The maximum atomic E-state index is 12.5. The Kier molecular flexibility index (Phi) is 8.75. The van der Waals surface area contributed by atoms with E-state index in [0.29, 0.717) is 22.6 Å². The third-order valence-corrected chi connectivity index (χ3v) is 4.47. The van der Waals surface area contributed by atoms with Gasteiger partial charge in [-0.1, -0.05) is 0 Å². The number of carboxylic acid groups (broad SMARTS) is 1. The summed E-state index contributed by atoms with van der Waals surface area (Å²) in [6, 6.07) is 12.8. The van der Waals surface area contributed by atoms with Gasteiger partial charge in [0.25, 0.3) is 0 Å². The summed E-state index contributed by atoms with van der Waals surface area (Å²) < 4.78 is 5.38. The molecule has 3 N–H and O–H groups in total. The maximum Gasteiger partial charge on any atom is 0.306 e. The lowest BCUT2D eigenvalue weighted by molar-refractivity contribution is -0.144. The number of isothiocyanates is 1. The molecule has 0 aliphatic heterocycles. The molecular weight excluding hydrogens is 420 g/mol. The SMILES string of the molecule is NC(=O)CCC(CC(=O)COc1ccc(C(=O)c2ccc(N=C=S)cc2)cc1)C(=O)O. The number of hydrogen-bond acceptors (Lipinski definition) is 7. The third kappa shape index (κ3) is 7.58. The van der Waals surface area contributed by atoms with E-state index in [1.54, 1.807) is 48.5 Å². The molecule has 8 nitrogen and oxygen atoms in total. The predicted molar refractivity (Wildman–Crippen MR) is 116 cm³/mol. The van der Waals surface area contributed by atoms with E-state index in [0.717, 1.165) is 0 Å². The van der Waals surface area contributed by atoms with Gasteiger partial charge >= 0.3 is 5.97 Å². The van der Waals surface area contributed by atoms with Crippen molar-refractivity contribution in [3.05, 3.63) is 59.7 Å². The fraction of sp³-hybridized carbons (Fsp3) is 0.227. The molecule has 1 unspecified atom stereocenters. The van der Waals surface area contributed by atoms with Crippen LogP contribution in [0.5, 0.6) is 5.75 Å². The van der Waals surface area contributed by atoms with Gasteiger partial charge < -0.3 is 15.6 Å². The molecule has 31 heavy (non-hydrogen) atoms. The number of carbonyl (C=O) groups is 4. The summed E-state index contributed by atoms with van der Waals surface area (Å²) in [5, 5.41) is 11.4. The van der Waals surface area contributed by atoms with Gasteiger partial charge in [0.15, 0.2) is 11.6 Å². The number of nitrogens with zero attached hydrogens (tertiary/aromatic N) is 1. The Morgan fingerprint density at radius 1 is 1.03 bits per heavy atom. The number of hydrogen-bond donors (Lipinski definition) is 2. The molecule has 160 valence electrons. The number of Topliss-reactive ketones (excluding diaryl/α,β-unsaturated/α-hetero) is 1. The van der Waals surface area contributed by atoms with Crippen LogP contribution in [0.25, 0.3) is 0 Å². The van der Waals surface area contributed by atoms with Crippen LogP contribution < -0.4 is 10.5 Å². The van der Waals surface area contributed by atoms with E-state index in [4.69, 9.17) is 15.6 Å². The van der Waals surface area contributed by atoms with E-state index in [2.05, 4.69) is 22.4 Å². The molecule has 2 rings (SSSR count). The number of benzene rings is 2. The van der Waals surface area contributed by atoms with Gasteiger partial charge in [0.1, 0.15) is 12.4 Å². The van der Waals surface area contributed by atoms with E-state index in [1.165, 1.54) is 0 Å². The van der Waals surface area contributed by atoms with E-state index in [9.17, 15) is 19.2 Å². The number of nitrogens with two attached hydrogens (primary N) is 1. The lowest BCUT2D eigenvalue weighted by Gasteiger charge is -2.11. The minimum absolute atomic E-state index is 0.00788. The second-order valence-corrected chi connectivity index (χ2v) is 6.86. The van der Waals surface area contributed by atoms with Crippen molar-refractivity contribution in [2.45, 2.75) is 19.3 Å². The number of aliphatic carboxylic acids is 1. The first-order chi connectivity index (χ1) is 14.8. The van der Waals surface area contributed by atoms with Crippen LogP contribution in [0, 0.1) is 5.92 Å². The third-order valence-electron chi connectivity index (χ3n) is 4.38. The number of amides is 1. The number of carboxylic acids is 1. The van der Waals surface area contributed by atoms with Gasteiger partial charge in [0.2, 0.25) is 5.91 Å². The first-order valence-electron chi connectivity index (χ1n) is 9.28. The van der Waals surface area contributed by atoms with Gasteiger partial charge in [-0.3, -0.25) is 19.2 Å². The van der Waals surface area contributed by atoms with Crippen LogP contribution in [-0.4, -0.2) is 40.3 Å². The summed E-state index contributed by atoms with van der Waals surface area (Å²) in [7, 11) is 0. The molecule has 0 fully saturated rings. The van der Waals surface area contributed by atoms with Gasteiger partial charge in [-0.25, -0.2) is 0 Å². The smallest absolute Gasteiger partial charge is 0.306 e. The first kappa shape index (κ1) is 23.6. The molecule has 0 spiro atoms. The molecule has 0 heterocycles. The number of primary amides is 1. The zero-order valence-electron chi connectivity index (χ0n) is 16.4. The summed E-state index contributed by atoms with van der Waals surface area (Å²) in [6.07, 6.45) is -0.378. The van der Waals surface area contributed by atoms with Gasteiger partial charge in [-0.05, 0) is 67.2 Å². The molecule has 0 aliphatic rings. The van der Waals surface area contributed by atoms with Crippen molar-refractivity contribution >= 4 is 46.5 Å². The number of carbonyl (C=O) groups excluding carboxylic acids is 3. The molecule has 0 aliphatic carbocycles.